The Morgan fingerprint density at radius 3 is 2.48 bits per heavy atom. The van der Waals surface area contributed by atoms with E-state index in [1.807, 2.05) is 34.9 Å². The van der Waals surface area contributed by atoms with Crippen LogP contribution in [0.25, 0.3) is 11.2 Å². The molecule has 1 aromatic carbocycles. The van der Waals surface area contributed by atoms with Crippen molar-refractivity contribution in [3.63, 3.8) is 0 Å². The van der Waals surface area contributed by atoms with E-state index in [1.165, 1.54) is 17.4 Å². The van der Waals surface area contributed by atoms with Crippen LogP contribution in [0.3, 0.4) is 0 Å². The van der Waals surface area contributed by atoms with Gasteiger partial charge in [-0.1, -0.05) is 43.7 Å². The monoisotopic (exact) mass is 396 g/mol. The number of nitrogens with zero attached hydrogens (tertiary/aromatic N) is 5. The molecule has 8 nitrogen and oxygen atoms in total. The molecular formula is C21H28N6O2. The second-order valence-electron chi connectivity index (χ2n) is 7.66. The van der Waals surface area contributed by atoms with Gasteiger partial charge in [-0.3, -0.25) is 23.8 Å². The number of aryl methyl sites for hydroxylation is 1. The first-order chi connectivity index (χ1) is 14.1. The highest BCUT2D eigenvalue weighted by molar-refractivity contribution is 5.74. The highest BCUT2D eigenvalue weighted by atomic mass is 16.2. The van der Waals surface area contributed by atoms with Crippen molar-refractivity contribution in [3.05, 3.63) is 56.7 Å². The van der Waals surface area contributed by atoms with Crippen LogP contribution in [-0.4, -0.2) is 56.7 Å². The Bertz CT molecular complexity index is 1090. The highest BCUT2D eigenvalue weighted by Crippen LogP contribution is 2.22. The molecule has 1 aliphatic rings. The van der Waals surface area contributed by atoms with Crippen molar-refractivity contribution in [2.45, 2.75) is 26.3 Å². The van der Waals surface area contributed by atoms with Crippen LogP contribution in [0.5, 0.6) is 0 Å². The van der Waals surface area contributed by atoms with Crippen molar-refractivity contribution in [2.75, 3.05) is 37.6 Å². The first kappa shape index (κ1) is 19.4. The third-order valence-corrected chi connectivity index (χ3v) is 5.65. The summed E-state index contributed by atoms with van der Waals surface area (Å²) >= 11 is 0. The van der Waals surface area contributed by atoms with Crippen LogP contribution in [0.1, 0.15) is 25.3 Å². The molecule has 4 rings (SSSR count). The smallest absolute Gasteiger partial charge is 0.329 e. The maximum atomic E-state index is 12.7. The molecule has 3 heterocycles. The Morgan fingerprint density at radius 1 is 1.07 bits per heavy atom. The van der Waals surface area contributed by atoms with Crippen molar-refractivity contribution in [2.24, 2.45) is 7.05 Å². The number of unbranched alkanes of at least 4 members (excludes halogenated alkanes) is 1. The Kier molecular flexibility index (Phi) is 5.53. The molecule has 0 unspecified atom stereocenters. The maximum Gasteiger partial charge on any atom is 0.329 e. The molecule has 1 N–H and O–H groups in total. The van der Waals surface area contributed by atoms with Crippen LogP contribution >= 0.6 is 0 Å². The number of rotatable bonds is 6. The summed E-state index contributed by atoms with van der Waals surface area (Å²) in [6.45, 7) is 7.53. The number of imidazole rings is 1. The topological polar surface area (TPSA) is 79.2 Å². The molecule has 0 spiro atoms. The first-order valence-corrected chi connectivity index (χ1v) is 10.3. The quantitative estimate of drug-likeness (QED) is 0.681. The first-order valence-electron chi connectivity index (χ1n) is 10.3. The van der Waals surface area contributed by atoms with E-state index in [4.69, 9.17) is 4.98 Å². The lowest BCUT2D eigenvalue weighted by Gasteiger charge is -2.35. The summed E-state index contributed by atoms with van der Waals surface area (Å²) in [6, 6.07) is 10.0. The van der Waals surface area contributed by atoms with Crippen molar-refractivity contribution in [1.82, 2.24) is 24.0 Å². The number of anilines is 1. The van der Waals surface area contributed by atoms with Gasteiger partial charge in [-0.25, -0.2) is 4.79 Å². The fourth-order valence-corrected chi connectivity index (χ4v) is 3.93. The van der Waals surface area contributed by atoms with E-state index >= 15 is 0 Å². The molecule has 0 atom stereocenters. The molecule has 1 aliphatic heterocycles. The van der Waals surface area contributed by atoms with E-state index in [0.717, 1.165) is 44.2 Å². The summed E-state index contributed by atoms with van der Waals surface area (Å²) < 4.78 is 3.36. The van der Waals surface area contributed by atoms with Crippen molar-refractivity contribution in [3.8, 4) is 0 Å². The molecule has 29 heavy (non-hydrogen) atoms. The van der Waals surface area contributed by atoms with Crippen molar-refractivity contribution in [1.29, 1.82) is 0 Å². The number of fused-ring (bicyclic) bond motifs is 1. The summed E-state index contributed by atoms with van der Waals surface area (Å²) in [4.78, 5) is 36.6. The fourth-order valence-electron chi connectivity index (χ4n) is 3.93. The lowest BCUT2D eigenvalue weighted by Crippen LogP contribution is -2.47. The zero-order valence-corrected chi connectivity index (χ0v) is 17.1. The van der Waals surface area contributed by atoms with Gasteiger partial charge in [0.15, 0.2) is 11.2 Å². The SMILES string of the molecule is CCCCN1CCN(c2nc3c(c(=O)[nH]c(=O)n3C)n2Cc2ccccc2)CC1. The molecule has 0 bridgehead atoms. The van der Waals surface area contributed by atoms with Gasteiger partial charge in [0.25, 0.3) is 5.56 Å². The Morgan fingerprint density at radius 2 is 1.79 bits per heavy atom. The summed E-state index contributed by atoms with van der Waals surface area (Å²) in [5.41, 5.74) is 1.13. The molecule has 0 amide bonds. The largest absolute Gasteiger partial charge is 0.340 e. The number of hydrogen-bond donors (Lipinski definition) is 1. The molecule has 2 aromatic heterocycles. The van der Waals surface area contributed by atoms with E-state index in [9.17, 15) is 9.59 Å². The molecule has 8 heteroatoms. The normalized spacial score (nSPS) is 15.3. The fraction of sp³-hybridized carbons (Fsp3) is 0.476. The minimum absolute atomic E-state index is 0.389. The Labute approximate surface area is 169 Å². The van der Waals surface area contributed by atoms with Crippen LogP contribution in [0.15, 0.2) is 39.9 Å². The number of piperazine rings is 1. The molecule has 0 aliphatic carbocycles. The van der Waals surface area contributed by atoms with Crippen LogP contribution in [0.4, 0.5) is 5.95 Å². The van der Waals surface area contributed by atoms with Gasteiger partial charge in [0, 0.05) is 33.2 Å². The predicted molar refractivity (Wildman–Crippen MR) is 115 cm³/mol. The molecule has 0 saturated carbocycles. The van der Waals surface area contributed by atoms with Crippen LogP contribution in [-0.2, 0) is 13.6 Å². The molecular weight excluding hydrogens is 368 g/mol. The van der Waals surface area contributed by atoms with Gasteiger partial charge >= 0.3 is 5.69 Å². The summed E-state index contributed by atoms with van der Waals surface area (Å²) in [5, 5.41) is 0. The third-order valence-electron chi connectivity index (χ3n) is 5.65. The van der Waals surface area contributed by atoms with Crippen molar-refractivity contribution >= 4 is 17.1 Å². The zero-order chi connectivity index (χ0) is 20.4. The lowest BCUT2D eigenvalue weighted by molar-refractivity contribution is 0.252. The average Bonchev–Trinajstić information content (AvgIpc) is 3.11. The number of aromatic nitrogens is 4. The minimum Gasteiger partial charge on any atom is -0.340 e. The molecule has 0 radical (unpaired) electrons. The van der Waals surface area contributed by atoms with Gasteiger partial charge in [-0.15, -0.1) is 0 Å². The van der Waals surface area contributed by atoms with E-state index < -0.39 is 5.69 Å². The van der Waals surface area contributed by atoms with Crippen LogP contribution in [0, 0.1) is 0 Å². The summed E-state index contributed by atoms with van der Waals surface area (Å²) in [6.07, 6.45) is 2.41. The number of benzene rings is 1. The number of aromatic amines is 1. The Balaban J connectivity index is 1.74. The molecule has 1 saturated heterocycles. The molecule has 154 valence electrons. The standard InChI is InChI=1S/C21H28N6O2/c1-3-4-10-25-11-13-26(14-12-25)20-22-18-17(19(28)23-21(29)24(18)2)27(20)15-16-8-6-5-7-9-16/h5-9H,3-4,10-15H2,1-2H3,(H,23,28,29). The van der Waals surface area contributed by atoms with E-state index in [0.29, 0.717) is 17.7 Å². The average molecular weight is 396 g/mol. The maximum absolute atomic E-state index is 12.7. The zero-order valence-electron chi connectivity index (χ0n) is 17.1. The third kappa shape index (κ3) is 3.85. The van der Waals surface area contributed by atoms with Crippen LogP contribution < -0.4 is 16.1 Å². The highest BCUT2D eigenvalue weighted by Gasteiger charge is 2.24. The van der Waals surface area contributed by atoms with Gasteiger partial charge in [-0.2, -0.15) is 4.98 Å². The minimum atomic E-state index is -0.442. The van der Waals surface area contributed by atoms with Crippen LogP contribution in [0.2, 0.25) is 0 Å². The van der Waals surface area contributed by atoms with Gasteiger partial charge in [0.1, 0.15) is 0 Å². The van der Waals surface area contributed by atoms with E-state index in [2.05, 4.69) is 21.7 Å². The van der Waals surface area contributed by atoms with Gasteiger partial charge < -0.3 is 4.90 Å². The predicted octanol–water partition coefficient (Wildman–Crippen LogP) is 1.39. The van der Waals surface area contributed by atoms with Gasteiger partial charge in [-0.05, 0) is 18.5 Å². The summed E-state index contributed by atoms with van der Waals surface area (Å²) in [5.74, 6) is 0.755. The number of hydrogen-bond acceptors (Lipinski definition) is 5. The van der Waals surface area contributed by atoms with E-state index in [-0.39, 0.29) is 5.56 Å². The Hall–Kier alpha value is -2.87. The number of nitrogens with one attached hydrogen (secondary N) is 1. The van der Waals surface area contributed by atoms with E-state index in [1.54, 1.807) is 7.05 Å². The second-order valence-corrected chi connectivity index (χ2v) is 7.66. The number of H-pyrrole nitrogens is 1. The lowest BCUT2D eigenvalue weighted by atomic mass is 10.2. The second kappa shape index (κ2) is 8.24. The molecule has 1 fully saturated rings. The van der Waals surface area contributed by atoms with Gasteiger partial charge in [0.05, 0.1) is 6.54 Å². The summed E-state index contributed by atoms with van der Waals surface area (Å²) in [7, 11) is 1.65. The molecule has 3 aromatic rings. The van der Waals surface area contributed by atoms with Crippen molar-refractivity contribution < 1.29 is 0 Å². The van der Waals surface area contributed by atoms with Gasteiger partial charge in [0.2, 0.25) is 5.95 Å².